The lowest BCUT2D eigenvalue weighted by atomic mass is 10.1. The summed E-state index contributed by atoms with van der Waals surface area (Å²) in [5.41, 5.74) is 0.812. The lowest BCUT2D eigenvalue weighted by molar-refractivity contribution is 0.0983. The first-order valence-corrected chi connectivity index (χ1v) is 6.53. The summed E-state index contributed by atoms with van der Waals surface area (Å²) < 4.78 is 0. The highest BCUT2D eigenvalue weighted by molar-refractivity contribution is 8.02. The van der Waals surface area contributed by atoms with Crippen molar-refractivity contribution >= 4 is 17.5 Å². The monoisotopic (exact) mass is 234 g/mol. The van der Waals surface area contributed by atoms with E-state index in [2.05, 4.69) is 25.3 Å². The Balaban J connectivity index is 2.29. The molecule has 1 aromatic carbocycles. The average molecular weight is 234 g/mol. The highest BCUT2D eigenvalue weighted by Crippen LogP contribution is 2.12. The van der Waals surface area contributed by atoms with Crippen molar-refractivity contribution < 1.29 is 4.79 Å². The average Bonchev–Trinajstić information content (AvgIpc) is 2.29. The van der Waals surface area contributed by atoms with Gasteiger partial charge in [0.2, 0.25) is 0 Å². The molecule has 0 unspecified atom stereocenters. The third-order valence-corrected chi connectivity index (χ3v) is 2.97. The largest absolute Gasteiger partial charge is 0.294 e. The van der Waals surface area contributed by atoms with Gasteiger partial charge in [0.15, 0.2) is 5.78 Å². The molecule has 0 amide bonds. The molecule has 0 N–H and O–H groups in total. The first-order valence-electron chi connectivity index (χ1n) is 5.59. The predicted molar refractivity (Wildman–Crippen MR) is 71.9 cm³/mol. The van der Waals surface area contributed by atoms with Gasteiger partial charge in [-0.05, 0) is 11.8 Å². The summed E-state index contributed by atoms with van der Waals surface area (Å²) in [4.78, 5) is 11.7. The van der Waals surface area contributed by atoms with Crippen LogP contribution in [0.5, 0.6) is 0 Å². The van der Waals surface area contributed by atoms with Crippen LogP contribution < -0.4 is 0 Å². The maximum Gasteiger partial charge on any atom is 0.163 e. The quantitative estimate of drug-likeness (QED) is 0.682. The van der Waals surface area contributed by atoms with E-state index in [4.69, 9.17) is 0 Å². The summed E-state index contributed by atoms with van der Waals surface area (Å²) in [6, 6.07) is 9.47. The van der Waals surface area contributed by atoms with Crippen molar-refractivity contribution in [3.05, 3.63) is 47.4 Å². The van der Waals surface area contributed by atoms with Gasteiger partial charge in [0.05, 0.1) is 0 Å². The molecule has 1 nitrogen and oxygen atoms in total. The number of benzene rings is 1. The minimum Gasteiger partial charge on any atom is -0.294 e. The SMILES string of the molecule is CC(C)S/C=C/CCC(=O)c1ccccc1. The molecule has 16 heavy (non-hydrogen) atoms. The summed E-state index contributed by atoms with van der Waals surface area (Å²) in [5, 5.41) is 2.70. The van der Waals surface area contributed by atoms with Crippen LogP contribution in [0.1, 0.15) is 37.0 Å². The van der Waals surface area contributed by atoms with E-state index in [0.29, 0.717) is 11.7 Å². The van der Waals surface area contributed by atoms with Crippen molar-refractivity contribution in [2.75, 3.05) is 0 Å². The number of hydrogen-bond acceptors (Lipinski definition) is 2. The van der Waals surface area contributed by atoms with E-state index in [9.17, 15) is 4.79 Å². The van der Waals surface area contributed by atoms with Crippen LogP contribution in [-0.2, 0) is 0 Å². The van der Waals surface area contributed by atoms with Crippen LogP contribution in [-0.4, -0.2) is 11.0 Å². The van der Waals surface area contributed by atoms with Crippen LogP contribution in [0.4, 0.5) is 0 Å². The molecule has 0 bridgehead atoms. The fourth-order valence-electron chi connectivity index (χ4n) is 1.26. The fourth-order valence-corrected chi connectivity index (χ4v) is 1.83. The van der Waals surface area contributed by atoms with Gasteiger partial charge in [-0.25, -0.2) is 0 Å². The van der Waals surface area contributed by atoms with Crippen LogP contribution in [0.15, 0.2) is 41.8 Å². The number of thioether (sulfide) groups is 1. The van der Waals surface area contributed by atoms with Crippen LogP contribution in [0.2, 0.25) is 0 Å². The third kappa shape index (κ3) is 5.17. The number of Topliss-reactive ketones (excluding diaryl/α,β-unsaturated/α-hetero) is 1. The van der Waals surface area contributed by atoms with E-state index in [-0.39, 0.29) is 5.78 Å². The third-order valence-electron chi connectivity index (χ3n) is 2.08. The highest BCUT2D eigenvalue weighted by atomic mass is 32.2. The van der Waals surface area contributed by atoms with Crippen LogP contribution >= 0.6 is 11.8 Å². The molecule has 0 aromatic heterocycles. The Hall–Kier alpha value is -1.02. The van der Waals surface area contributed by atoms with Gasteiger partial charge in [-0.2, -0.15) is 0 Å². The zero-order valence-corrected chi connectivity index (χ0v) is 10.7. The van der Waals surface area contributed by atoms with E-state index >= 15 is 0 Å². The van der Waals surface area contributed by atoms with E-state index in [1.807, 2.05) is 30.3 Å². The Morgan fingerprint density at radius 1 is 1.31 bits per heavy atom. The van der Waals surface area contributed by atoms with Gasteiger partial charge < -0.3 is 0 Å². The van der Waals surface area contributed by atoms with Gasteiger partial charge in [-0.1, -0.05) is 50.3 Å². The van der Waals surface area contributed by atoms with Crippen LogP contribution in [0.25, 0.3) is 0 Å². The minimum atomic E-state index is 0.222. The van der Waals surface area contributed by atoms with Gasteiger partial charge >= 0.3 is 0 Å². The van der Waals surface area contributed by atoms with Gasteiger partial charge in [0.25, 0.3) is 0 Å². The molecule has 0 atom stereocenters. The molecule has 0 heterocycles. The summed E-state index contributed by atoms with van der Waals surface area (Å²) in [7, 11) is 0. The lowest BCUT2D eigenvalue weighted by Crippen LogP contribution is -1.97. The topological polar surface area (TPSA) is 17.1 Å². The van der Waals surface area contributed by atoms with Crippen molar-refractivity contribution in [2.24, 2.45) is 0 Å². The summed E-state index contributed by atoms with van der Waals surface area (Å²) in [5.74, 6) is 0.222. The van der Waals surface area contributed by atoms with E-state index in [1.165, 1.54) is 0 Å². The minimum absolute atomic E-state index is 0.222. The summed E-state index contributed by atoms with van der Waals surface area (Å²) >= 11 is 1.79. The smallest absolute Gasteiger partial charge is 0.163 e. The van der Waals surface area contributed by atoms with Crippen molar-refractivity contribution in [2.45, 2.75) is 31.9 Å². The number of rotatable bonds is 6. The molecule has 2 heteroatoms. The molecule has 1 aromatic rings. The van der Waals surface area contributed by atoms with Gasteiger partial charge in [0.1, 0.15) is 0 Å². The van der Waals surface area contributed by atoms with E-state index in [1.54, 1.807) is 11.8 Å². The number of hydrogen-bond donors (Lipinski definition) is 0. The molecular weight excluding hydrogens is 216 g/mol. The van der Waals surface area contributed by atoms with Gasteiger partial charge in [0, 0.05) is 17.2 Å². The molecule has 0 aliphatic carbocycles. The Morgan fingerprint density at radius 3 is 2.62 bits per heavy atom. The molecule has 0 fully saturated rings. The Morgan fingerprint density at radius 2 is 2.00 bits per heavy atom. The zero-order valence-electron chi connectivity index (χ0n) is 9.85. The number of carbonyl (C=O) groups excluding carboxylic acids is 1. The van der Waals surface area contributed by atoms with E-state index < -0.39 is 0 Å². The molecule has 0 saturated carbocycles. The maximum absolute atomic E-state index is 11.7. The molecule has 0 saturated heterocycles. The standard InChI is InChI=1S/C14H18OS/c1-12(2)16-11-7-6-10-14(15)13-8-4-3-5-9-13/h3-5,7-9,11-12H,6,10H2,1-2H3/b11-7+. The second-order valence-corrected chi connectivity index (χ2v) is 5.37. The van der Waals surface area contributed by atoms with E-state index in [0.717, 1.165) is 12.0 Å². The lowest BCUT2D eigenvalue weighted by Gasteiger charge is -1.98. The normalized spacial score (nSPS) is 11.2. The first kappa shape index (κ1) is 13.0. The molecule has 0 aliphatic rings. The second kappa shape index (κ2) is 7.29. The molecule has 86 valence electrons. The number of ketones is 1. The van der Waals surface area contributed by atoms with Crippen LogP contribution in [0.3, 0.4) is 0 Å². The number of carbonyl (C=O) groups is 1. The maximum atomic E-state index is 11.7. The fraction of sp³-hybridized carbons (Fsp3) is 0.357. The Bertz CT molecular complexity index is 341. The van der Waals surface area contributed by atoms with Crippen LogP contribution in [0, 0.1) is 0 Å². The highest BCUT2D eigenvalue weighted by Gasteiger charge is 2.02. The first-order chi connectivity index (χ1) is 7.70. The molecule has 0 spiro atoms. The van der Waals surface area contributed by atoms with Crippen molar-refractivity contribution in [3.8, 4) is 0 Å². The van der Waals surface area contributed by atoms with Gasteiger partial charge in [-0.15, -0.1) is 11.8 Å². The Labute approximate surface area is 102 Å². The zero-order chi connectivity index (χ0) is 11.8. The summed E-state index contributed by atoms with van der Waals surface area (Å²) in [6.07, 6.45) is 3.50. The number of allylic oxidation sites excluding steroid dienone is 1. The van der Waals surface area contributed by atoms with Gasteiger partial charge in [-0.3, -0.25) is 4.79 Å². The van der Waals surface area contributed by atoms with Crippen molar-refractivity contribution in [3.63, 3.8) is 0 Å². The van der Waals surface area contributed by atoms with Crippen molar-refractivity contribution in [1.29, 1.82) is 0 Å². The molecular formula is C14H18OS. The summed E-state index contributed by atoms with van der Waals surface area (Å²) in [6.45, 7) is 4.31. The molecule has 0 aliphatic heterocycles. The molecule has 1 rings (SSSR count). The predicted octanol–water partition coefficient (Wildman–Crippen LogP) is 4.30. The second-order valence-electron chi connectivity index (χ2n) is 3.88. The molecule has 0 radical (unpaired) electrons. The Kier molecular flexibility index (Phi) is 5.94. The van der Waals surface area contributed by atoms with Crippen molar-refractivity contribution in [1.82, 2.24) is 0 Å².